The van der Waals surface area contributed by atoms with E-state index in [1.54, 1.807) is 6.20 Å². The van der Waals surface area contributed by atoms with E-state index in [1.165, 1.54) is 0 Å². The zero-order chi connectivity index (χ0) is 13.5. The first-order valence-corrected chi connectivity index (χ1v) is 6.30. The second-order valence-corrected chi connectivity index (χ2v) is 4.26. The summed E-state index contributed by atoms with van der Waals surface area (Å²) in [5, 5.41) is 8.82. The average molecular weight is 258 g/mol. The van der Waals surface area contributed by atoms with Gasteiger partial charge >= 0.3 is 0 Å². The number of rotatable bonds is 6. The number of aromatic nitrogens is 1. The maximum Gasteiger partial charge on any atom is 0.219 e. The van der Waals surface area contributed by atoms with E-state index in [4.69, 9.17) is 9.84 Å². The Bertz CT molecular complexity index is 485. The van der Waals surface area contributed by atoms with Crippen LogP contribution < -0.4 is 9.64 Å². The van der Waals surface area contributed by atoms with E-state index in [9.17, 15) is 0 Å². The van der Waals surface area contributed by atoms with Crippen molar-refractivity contribution in [3.8, 4) is 11.6 Å². The molecule has 0 fully saturated rings. The van der Waals surface area contributed by atoms with Gasteiger partial charge in [0.05, 0.1) is 0 Å². The minimum Gasteiger partial charge on any atom is -0.439 e. The first kappa shape index (κ1) is 13.4. The molecule has 0 radical (unpaired) electrons. The predicted octanol–water partition coefficient (Wildman–Crippen LogP) is 2.69. The molecule has 0 aliphatic heterocycles. The van der Waals surface area contributed by atoms with Crippen molar-refractivity contribution in [1.29, 1.82) is 0 Å². The molecule has 2 rings (SSSR count). The van der Waals surface area contributed by atoms with Gasteiger partial charge in [0.1, 0.15) is 5.75 Å². The maximum absolute atomic E-state index is 8.82. The van der Waals surface area contributed by atoms with Gasteiger partial charge in [-0.2, -0.15) is 0 Å². The molecular formula is C15H18N2O2. The Labute approximate surface area is 113 Å². The van der Waals surface area contributed by atoms with Crippen molar-refractivity contribution >= 4 is 5.69 Å². The number of ether oxygens (including phenoxy) is 1. The van der Waals surface area contributed by atoms with Gasteiger partial charge in [0.15, 0.2) is 0 Å². The van der Waals surface area contributed by atoms with Crippen molar-refractivity contribution in [2.45, 2.75) is 6.42 Å². The third-order valence-corrected chi connectivity index (χ3v) is 2.79. The molecular weight excluding hydrogens is 240 g/mol. The summed E-state index contributed by atoms with van der Waals surface area (Å²) in [5.41, 5.74) is 1.10. The average Bonchev–Trinajstić information content (AvgIpc) is 2.46. The lowest BCUT2D eigenvalue weighted by molar-refractivity contribution is 0.290. The Kier molecular flexibility index (Phi) is 4.75. The summed E-state index contributed by atoms with van der Waals surface area (Å²) in [6, 6.07) is 13.4. The fraction of sp³-hybridized carbons (Fsp3) is 0.267. The number of pyridine rings is 1. The van der Waals surface area contributed by atoms with E-state index in [-0.39, 0.29) is 6.61 Å². The Morgan fingerprint density at radius 1 is 1.16 bits per heavy atom. The van der Waals surface area contributed by atoms with Gasteiger partial charge in [-0.05, 0) is 36.8 Å². The van der Waals surface area contributed by atoms with E-state index >= 15 is 0 Å². The van der Waals surface area contributed by atoms with Crippen molar-refractivity contribution < 1.29 is 9.84 Å². The van der Waals surface area contributed by atoms with Crippen molar-refractivity contribution in [3.63, 3.8) is 0 Å². The van der Waals surface area contributed by atoms with Crippen LogP contribution in [-0.4, -0.2) is 30.3 Å². The molecule has 0 amide bonds. The number of nitrogens with zero attached hydrogens (tertiary/aromatic N) is 2. The highest BCUT2D eigenvalue weighted by molar-refractivity contribution is 5.48. The quantitative estimate of drug-likeness (QED) is 0.865. The molecule has 0 aliphatic rings. The minimum absolute atomic E-state index is 0.214. The normalized spacial score (nSPS) is 10.2. The van der Waals surface area contributed by atoms with Crippen LogP contribution in [0.3, 0.4) is 0 Å². The molecule has 19 heavy (non-hydrogen) atoms. The van der Waals surface area contributed by atoms with Crippen molar-refractivity contribution in [1.82, 2.24) is 4.98 Å². The van der Waals surface area contributed by atoms with Crippen LogP contribution in [-0.2, 0) is 0 Å². The molecule has 100 valence electrons. The summed E-state index contributed by atoms with van der Waals surface area (Å²) in [5.74, 6) is 1.35. The third-order valence-electron chi connectivity index (χ3n) is 2.79. The highest BCUT2D eigenvalue weighted by Crippen LogP contribution is 2.22. The Morgan fingerprint density at radius 3 is 2.58 bits per heavy atom. The lowest BCUT2D eigenvalue weighted by Crippen LogP contribution is -2.19. The smallest absolute Gasteiger partial charge is 0.219 e. The van der Waals surface area contributed by atoms with Crippen molar-refractivity contribution in [2.75, 3.05) is 25.1 Å². The molecule has 0 atom stereocenters. The number of aliphatic hydroxyl groups is 1. The summed E-state index contributed by atoms with van der Waals surface area (Å²) in [4.78, 5) is 6.21. The molecule has 1 aromatic heterocycles. The lowest BCUT2D eigenvalue weighted by atomic mass is 10.2. The van der Waals surface area contributed by atoms with Gasteiger partial charge in [-0.1, -0.05) is 6.07 Å². The summed E-state index contributed by atoms with van der Waals surface area (Å²) in [6.07, 6.45) is 2.47. The molecule has 1 heterocycles. The Hall–Kier alpha value is -2.07. The van der Waals surface area contributed by atoms with Crippen LogP contribution in [0, 0.1) is 0 Å². The predicted molar refractivity (Wildman–Crippen MR) is 75.7 cm³/mol. The minimum atomic E-state index is 0.214. The van der Waals surface area contributed by atoms with Gasteiger partial charge in [0.2, 0.25) is 5.88 Å². The summed E-state index contributed by atoms with van der Waals surface area (Å²) >= 11 is 0. The molecule has 1 N–H and O–H groups in total. The van der Waals surface area contributed by atoms with E-state index in [0.29, 0.717) is 5.88 Å². The van der Waals surface area contributed by atoms with Crippen molar-refractivity contribution in [2.24, 2.45) is 0 Å². The molecule has 0 saturated carbocycles. The number of hydrogen-bond donors (Lipinski definition) is 1. The van der Waals surface area contributed by atoms with Gasteiger partial charge in [0, 0.05) is 38.1 Å². The van der Waals surface area contributed by atoms with Gasteiger partial charge in [-0.15, -0.1) is 0 Å². The van der Waals surface area contributed by atoms with Crippen LogP contribution in [0.4, 0.5) is 5.69 Å². The zero-order valence-electron chi connectivity index (χ0n) is 11.0. The molecule has 0 aliphatic carbocycles. The molecule has 0 unspecified atom stereocenters. The fourth-order valence-corrected chi connectivity index (χ4v) is 1.73. The maximum atomic E-state index is 8.82. The first-order chi connectivity index (χ1) is 9.29. The van der Waals surface area contributed by atoms with E-state index in [0.717, 1.165) is 24.4 Å². The van der Waals surface area contributed by atoms with Crippen LogP contribution in [0.1, 0.15) is 6.42 Å². The highest BCUT2D eigenvalue weighted by atomic mass is 16.5. The third kappa shape index (κ3) is 3.96. The topological polar surface area (TPSA) is 45.6 Å². The SMILES string of the molecule is CN(CCCO)c1ccc(Oc2ccccn2)cc1. The second kappa shape index (κ2) is 6.75. The van der Waals surface area contributed by atoms with Gasteiger partial charge in [-0.3, -0.25) is 0 Å². The number of hydrogen-bond acceptors (Lipinski definition) is 4. The van der Waals surface area contributed by atoms with Crippen LogP contribution in [0.5, 0.6) is 11.6 Å². The molecule has 2 aromatic rings. The molecule has 0 bridgehead atoms. The van der Waals surface area contributed by atoms with E-state index < -0.39 is 0 Å². The summed E-state index contributed by atoms with van der Waals surface area (Å²) < 4.78 is 5.62. The Balaban J connectivity index is 1.98. The van der Waals surface area contributed by atoms with Gasteiger partial charge in [0.25, 0.3) is 0 Å². The van der Waals surface area contributed by atoms with Gasteiger partial charge < -0.3 is 14.7 Å². The number of aliphatic hydroxyl groups excluding tert-OH is 1. The second-order valence-electron chi connectivity index (χ2n) is 4.26. The van der Waals surface area contributed by atoms with Crippen LogP contribution in [0.15, 0.2) is 48.7 Å². The zero-order valence-corrected chi connectivity index (χ0v) is 11.0. The number of anilines is 1. The lowest BCUT2D eigenvalue weighted by Gasteiger charge is -2.18. The van der Waals surface area contributed by atoms with Crippen molar-refractivity contribution in [3.05, 3.63) is 48.7 Å². The molecule has 0 saturated heterocycles. The molecule has 4 heteroatoms. The molecule has 1 aromatic carbocycles. The highest BCUT2D eigenvalue weighted by Gasteiger charge is 2.02. The summed E-state index contributed by atoms with van der Waals surface area (Å²) in [6.45, 7) is 1.04. The fourth-order valence-electron chi connectivity index (χ4n) is 1.73. The van der Waals surface area contributed by atoms with Crippen LogP contribution in [0.2, 0.25) is 0 Å². The standard InChI is InChI=1S/C15H18N2O2/c1-17(11-4-12-18)13-6-8-14(9-7-13)19-15-5-2-3-10-16-15/h2-3,5-10,18H,4,11-12H2,1H3. The van der Waals surface area contributed by atoms with E-state index in [2.05, 4.69) is 9.88 Å². The largest absolute Gasteiger partial charge is 0.439 e. The van der Waals surface area contributed by atoms with Crippen LogP contribution >= 0.6 is 0 Å². The monoisotopic (exact) mass is 258 g/mol. The van der Waals surface area contributed by atoms with E-state index in [1.807, 2.05) is 49.5 Å². The Morgan fingerprint density at radius 2 is 1.95 bits per heavy atom. The first-order valence-electron chi connectivity index (χ1n) is 6.30. The number of benzene rings is 1. The van der Waals surface area contributed by atoms with Gasteiger partial charge in [-0.25, -0.2) is 4.98 Å². The summed E-state index contributed by atoms with van der Waals surface area (Å²) in [7, 11) is 2.00. The molecule has 4 nitrogen and oxygen atoms in total. The molecule has 0 spiro atoms. The van der Waals surface area contributed by atoms with Crippen LogP contribution in [0.25, 0.3) is 0 Å².